The van der Waals surface area contributed by atoms with Gasteiger partial charge >= 0.3 is 6.03 Å². The normalized spacial score (nSPS) is 20.7. The van der Waals surface area contributed by atoms with Crippen molar-refractivity contribution in [2.75, 3.05) is 38.6 Å². The number of carbonyl (C=O) groups excluding carboxylic acids is 1. The van der Waals surface area contributed by atoms with Gasteiger partial charge in [0.25, 0.3) is 0 Å². The van der Waals surface area contributed by atoms with Crippen LogP contribution in [0.1, 0.15) is 25.7 Å². The van der Waals surface area contributed by atoms with Gasteiger partial charge in [0.05, 0.1) is 12.8 Å². The van der Waals surface area contributed by atoms with Crippen molar-refractivity contribution >= 4 is 11.7 Å². The minimum absolute atomic E-state index is 0.0201. The van der Waals surface area contributed by atoms with Crippen LogP contribution < -0.4 is 15.4 Å². The highest BCUT2D eigenvalue weighted by Crippen LogP contribution is 2.39. The number of nitrogens with one attached hydrogen (secondary N) is 2. The molecule has 120 valence electrons. The summed E-state index contributed by atoms with van der Waals surface area (Å²) in [5, 5.41) is 6.40. The van der Waals surface area contributed by atoms with Crippen molar-refractivity contribution in [1.29, 1.82) is 0 Å². The summed E-state index contributed by atoms with van der Waals surface area (Å²) in [4.78, 5) is 14.4. The van der Waals surface area contributed by atoms with Crippen LogP contribution in [0.15, 0.2) is 24.3 Å². The fourth-order valence-electron chi connectivity index (χ4n) is 3.58. The number of amides is 2. The second kappa shape index (κ2) is 6.57. The van der Waals surface area contributed by atoms with E-state index in [2.05, 4.69) is 10.6 Å². The van der Waals surface area contributed by atoms with E-state index in [1.807, 2.05) is 29.2 Å². The Kier molecular flexibility index (Phi) is 4.52. The monoisotopic (exact) mass is 303 g/mol. The number of hydrogen-bond acceptors (Lipinski definition) is 3. The number of carbonyl (C=O) groups is 1. The number of para-hydroxylation sites is 2. The molecule has 0 radical (unpaired) electrons. The molecule has 3 rings (SSSR count). The van der Waals surface area contributed by atoms with Crippen LogP contribution in [0, 0.1) is 5.41 Å². The molecule has 2 aliphatic rings. The van der Waals surface area contributed by atoms with E-state index in [0.29, 0.717) is 11.2 Å². The number of likely N-dealkylation sites (tertiary alicyclic amines) is 1. The van der Waals surface area contributed by atoms with Gasteiger partial charge in [-0.05, 0) is 56.3 Å². The SMILES string of the molecule is COc1ccccc1NC(=O)N1CCC2(CCNCC2)CC1. The van der Waals surface area contributed by atoms with Crippen LogP contribution in [0.5, 0.6) is 5.75 Å². The first-order valence-corrected chi connectivity index (χ1v) is 8.12. The largest absolute Gasteiger partial charge is 0.495 e. The third-order valence-electron chi connectivity index (χ3n) is 5.12. The predicted octanol–water partition coefficient (Wildman–Crippen LogP) is 2.69. The molecular formula is C17H25N3O2. The molecule has 0 saturated carbocycles. The Balaban J connectivity index is 1.58. The quantitative estimate of drug-likeness (QED) is 0.883. The van der Waals surface area contributed by atoms with Gasteiger partial charge in [-0.15, -0.1) is 0 Å². The van der Waals surface area contributed by atoms with E-state index in [1.165, 1.54) is 12.8 Å². The van der Waals surface area contributed by atoms with Crippen molar-refractivity contribution in [3.8, 4) is 5.75 Å². The number of urea groups is 1. The van der Waals surface area contributed by atoms with Crippen molar-refractivity contribution in [1.82, 2.24) is 10.2 Å². The predicted molar refractivity (Wildman–Crippen MR) is 87.4 cm³/mol. The summed E-state index contributed by atoms with van der Waals surface area (Å²) < 4.78 is 5.28. The molecule has 5 nitrogen and oxygen atoms in total. The molecule has 2 fully saturated rings. The lowest BCUT2D eigenvalue weighted by atomic mass is 9.72. The van der Waals surface area contributed by atoms with E-state index in [0.717, 1.165) is 44.7 Å². The fourth-order valence-corrected chi connectivity index (χ4v) is 3.58. The average molecular weight is 303 g/mol. The summed E-state index contributed by atoms with van der Waals surface area (Å²) in [6.45, 7) is 3.93. The van der Waals surface area contributed by atoms with Gasteiger partial charge in [-0.2, -0.15) is 0 Å². The van der Waals surface area contributed by atoms with Gasteiger partial charge in [0.2, 0.25) is 0 Å². The molecule has 2 amide bonds. The molecule has 0 bridgehead atoms. The highest BCUT2D eigenvalue weighted by Gasteiger charge is 2.36. The smallest absolute Gasteiger partial charge is 0.321 e. The highest BCUT2D eigenvalue weighted by atomic mass is 16.5. The Bertz CT molecular complexity index is 516. The molecule has 2 heterocycles. The molecule has 0 unspecified atom stereocenters. The Labute approximate surface area is 132 Å². The number of ether oxygens (including phenoxy) is 1. The molecule has 5 heteroatoms. The Morgan fingerprint density at radius 2 is 1.86 bits per heavy atom. The number of rotatable bonds is 2. The zero-order valence-electron chi connectivity index (χ0n) is 13.2. The minimum Gasteiger partial charge on any atom is -0.495 e. The van der Waals surface area contributed by atoms with Crippen LogP contribution >= 0.6 is 0 Å². The first-order valence-electron chi connectivity index (χ1n) is 8.12. The van der Waals surface area contributed by atoms with E-state index in [1.54, 1.807) is 7.11 Å². The van der Waals surface area contributed by atoms with Gasteiger partial charge in [-0.25, -0.2) is 4.79 Å². The summed E-state index contributed by atoms with van der Waals surface area (Å²) in [6.07, 6.45) is 4.73. The number of methoxy groups -OCH3 is 1. The molecule has 2 N–H and O–H groups in total. The second-order valence-corrected chi connectivity index (χ2v) is 6.37. The minimum atomic E-state index is -0.0201. The average Bonchev–Trinajstić information content (AvgIpc) is 2.57. The number of hydrogen-bond donors (Lipinski definition) is 2. The van der Waals surface area contributed by atoms with Crippen molar-refractivity contribution in [3.63, 3.8) is 0 Å². The Hall–Kier alpha value is -1.75. The van der Waals surface area contributed by atoms with Gasteiger partial charge in [0.1, 0.15) is 5.75 Å². The first-order chi connectivity index (χ1) is 10.7. The number of anilines is 1. The summed E-state index contributed by atoms with van der Waals surface area (Å²) in [5.41, 5.74) is 1.20. The molecule has 1 spiro atoms. The maximum Gasteiger partial charge on any atom is 0.321 e. The second-order valence-electron chi connectivity index (χ2n) is 6.37. The maximum absolute atomic E-state index is 12.5. The van der Waals surface area contributed by atoms with Crippen LogP contribution in [0.25, 0.3) is 0 Å². The van der Waals surface area contributed by atoms with Gasteiger partial charge in [-0.3, -0.25) is 0 Å². The maximum atomic E-state index is 12.5. The molecule has 0 aliphatic carbocycles. The van der Waals surface area contributed by atoms with Gasteiger partial charge in [0, 0.05) is 13.1 Å². The number of benzene rings is 1. The summed E-state index contributed by atoms with van der Waals surface area (Å²) in [6, 6.07) is 7.51. The third-order valence-corrected chi connectivity index (χ3v) is 5.12. The van der Waals surface area contributed by atoms with Gasteiger partial charge in [0.15, 0.2) is 0 Å². The molecule has 0 aromatic heterocycles. The van der Waals surface area contributed by atoms with Gasteiger partial charge < -0.3 is 20.3 Å². The summed E-state index contributed by atoms with van der Waals surface area (Å²) >= 11 is 0. The van der Waals surface area contributed by atoms with Crippen LogP contribution in [0.3, 0.4) is 0 Å². The van der Waals surface area contributed by atoms with Gasteiger partial charge in [-0.1, -0.05) is 12.1 Å². The van der Waals surface area contributed by atoms with Crippen molar-refractivity contribution in [2.45, 2.75) is 25.7 Å². The van der Waals surface area contributed by atoms with Crippen LogP contribution in [0.4, 0.5) is 10.5 Å². The third kappa shape index (κ3) is 3.19. The molecule has 1 aromatic rings. The molecular weight excluding hydrogens is 278 g/mol. The van der Waals surface area contributed by atoms with E-state index >= 15 is 0 Å². The topological polar surface area (TPSA) is 53.6 Å². The lowest BCUT2D eigenvalue weighted by Crippen LogP contribution is -2.48. The van der Waals surface area contributed by atoms with Crippen LogP contribution in [0.2, 0.25) is 0 Å². The van der Waals surface area contributed by atoms with Crippen molar-refractivity contribution < 1.29 is 9.53 Å². The van der Waals surface area contributed by atoms with Crippen LogP contribution in [-0.2, 0) is 0 Å². The fraction of sp³-hybridized carbons (Fsp3) is 0.588. The number of nitrogens with zero attached hydrogens (tertiary/aromatic N) is 1. The molecule has 2 saturated heterocycles. The summed E-state index contributed by atoms with van der Waals surface area (Å²) in [7, 11) is 1.62. The van der Waals surface area contributed by atoms with Crippen LogP contribution in [-0.4, -0.2) is 44.2 Å². The Morgan fingerprint density at radius 1 is 1.18 bits per heavy atom. The van der Waals surface area contributed by atoms with E-state index in [9.17, 15) is 4.79 Å². The van der Waals surface area contributed by atoms with E-state index in [-0.39, 0.29) is 6.03 Å². The van der Waals surface area contributed by atoms with Crippen molar-refractivity contribution in [2.24, 2.45) is 5.41 Å². The lowest BCUT2D eigenvalue weighted by molar-refractivity contribution is 0.0915. The standard InChI is InChI=1S/C17H25N3O2/c1-22-15-5-3-2-4-14(15)19-16(21)20-12-8-17(9-13-20)6-10-18-11-7-17/h2-5,18H,6-13H2,1H3,(H,19,21). The van der Waals surface area contributed by atoms with Crippen molar-refractivity contribution in [3.05, 3.63) is 24.3 Å². The highest BCUT2D eigenvalue weighted by molar-refractivity contribution is 5.91. The molecule has 1 aromatic carbocycles. The summed E-state index contributed by atoms with van der Waals surface area (Å²) in [5.74, 6) is 0.697. The molecule has 0 atom stereocenters. The lowest BCUT2D eigenvalue weighted by Gasteiger charge is -2.44. The number of piperidine rings is 2. The Morgan fingerprint density at radius 3 is 2.55 bits per heavy atom. The zero-order chi connectivity index (χ0) is 15.4. The first kappa shape index (κ1) is 15.2. The molecule has 22 heavy (non-hydrogen) atoms. The van der Waals surface area contributed by atoms with E-state index in [4.69, 9.17) is 4.74 Å². The van der Waals surface area contributed by atoms with E-state index < -0.39 is 0 Å². The zero-order valence-corrected chi connectivity index (χ0v) is 13.2. The molecule has 2 aliphatic heterocycles.